The molecule has 0 aromatic carbocycles. The second-order valence-electron chi connectivity index (χ2n) is 7.71. The first kappa shape index (κ1) is 18.9. The summed E-state index contributed by atoms with van der Waals surface area (Å²) in [6.07, 6.45) is 2.00. The molecule has 0 spiro atoms. The van der Waals surface area contributed by atoms with Gasteiger partial charge >= 0.3 is 0 Å². The topological polar surface area (TPSA) is 70.0 Å². The van der Waals surface area contributed by atoms with Crippen molar-refractivity contribution in [1.29, 1.82) is 0 Å². The van der Waals surface area contributed by atoms with Crippen molar-refractivity contribution in [2.45, 2.75) is 32.2 Å². The molecule has 2 amide bonds. The van der Waals surface area contributed by atoms with E-state index in [-0.39, 0.29) is 29.5 Å². The van der Waals surface area contributed by atoms with E-state index >= 15 is 0 Å². The molecule has 2 aromatic rings. The SMILES string of the molecule is CNCCN1C(=O)CC[C@H]2CN(C(=O)c3nc4cccc(C)n4c3F)CC[C@H]21. The predicted molar refractivity (Wildman–Crippen MR) is 103 cm³/mol. The number of imidazole rings is 1. The van der Waals surface area contributed by atoms with Gasteiger partial charge in [-0.1, -0.05) is 6.07 Å². The summed E-state index contributed by atoms with van der Waals surface area (Å²) in [7, 11) is 1.87. The van der Waals surface area contributed by atoms with Crippen LogP contribution in [0.2, 0.25) is 0 Å². The van der Waals surface area contributed by atoms with Crippen LogP contribution in [0.5, 0.6) is 0 Å². The quantitative estimate of drug-likeness (QED) is 0.862. The molecule has 2 aliphatic rings. The second-order valence-corrected chi connectivity index (χ2v) is 7.71. The summed E-state index contributed by atoms with van der Waals surface area (Å²) in [6.45, 7) is 4.28. The maximum atomic E-state index is 14.9. The van der Waals surface area contributed by atoms with E-state index < -0.39 is 5.95 Å². The van der Waals surface area contributed by atoms with Crippen molar-refractivity contribution in [1.82, 2.24) is 24.5 Å². The molecular formula is C20H26FN5O2. The molecule has 2 saturated heterocycles. The van der Waals surface area contributed by atoms with Crippen molar-refractivity contribution in [2.75, 3.05) is 33.2 Å². The Balaban J connectivity index is 1.53. The van der Waals surface area contributed by atoms with Crippen molar-refractivity contribution in [2.24, 2.45) is 5.92 Å². The lowest BCUT2D eigenvalue weighted by molar-refractivity contribution is -0.140. The third-order valence-corrected chi connectivity index (χ3v) is 6.02. The number of hydrogen-bond acceptors (Lipinski definition) is 4. The zero-order chi connectivity index (χ0) is 19.8. The van der Waals surface area contributed by atoms with Gasteiger partial charge in [0.1, 0.15) is 5.65 Å². The molecule has 2 atom stereocenters. The van der Waals surface area contributed by atoms with Crippen LogP contribution < -0.4 is 5.32 Å². The fourth-order valence-corrected chi connectivity index (χ4v) is 4.56. The zero-order valence-electron chi connectivity index (χ0n) is 16.3. The Bertz CT molecular complexity index is 911. The maximum Gasteiger partial charge on any atom is 0.277 e. The number of aryl methyl sites for hydroxylation is 1. The van der Waals surface area contributed by atoms with Crippen LogP contribution in [0.15, 0.2) is 18.2 Å². The second kappa shape index (κ2) is 7.50. The zero-order valence-corrected chi connectivity index (χ0v) is 16.3. The summed E-state index contributed by atoms with van der Waals surface area (Å²) < 4.78 is 16.2. The van der Waals surface area contributed by atoms with E-state index in [4.69, 9.17) is 0 Å². The lowest BCUT2D eigenvalue weighted by atomic mass is 9.83. The number of nitrogens with zero attached hydrogens (tertiary/aromatic N) is 4. The number of pyridine rings is 1. The number of likely N-dealkylation sites (tertiary alicyclic amines) is 2. The first-order valence-corrected chi connectivity index (χ1v) is 9.88. The van der Waals surface area contributed by atoms with E-state index in [1.54, 1.807) is 30.0 Å². The van der Waals surface area contributed by atoms with Gasteiger partial charge in [0.15, 0.2) is 5.69 Å². The molecule has 2 aliphatic heterocycles. The highest BCUT2D eigenvalue weighted by molar-refractivity contribution is 5.93. The van der Waals surface area contributed by atoms with E-state index in [1.165, 1.54) is 4.40 Å². The summed E-state index contributed by atoms with van der Waals surface area (Å²) >= 11 is 0. The van der Waals surface area contributed by atoms with Crippen LogP contribution in [-0.4, -0.2) is 70.3 Å². The van der Waals surface area contributed by atoms with Crippen LogP contribution >= 0.6 is 0 Å². The summed E-state index contributed by atoms with van der Waals surface area (Å²) in [5.41, 5.74) is 1.02. The third kappa shape index (κ3) is 3.15. The van der Waals surface area contributed by atoms with Gasteiger partial charge in [-0.15, -0.1) is 0 Å². The van der Waals surface area contributed by atoms with E-state index in [1.807, 2.05) is 11.9 Å². The van der Waals surface area contributed by atoms with Gasteiger partial charge in [-0.3, -0.25) is 14.0 Å². The monoisotopic (exact) mass is 387 g/mol. The van der Waals surface area contributed by atoms with Crippen molar-refractivity contribution in [3.8, 4) is 0 Å². The first-order chi connectivity index (χ1) is 13.5. The number of rotatable bonds is 4. The molecule has 1 N–H and O–H groups in total. The van der Waals surface area contributed by atoms with Crippen LogP contribution in [-0.2, 0) is 4.79 Å². The highest BCUT2D eigenvalue weighted by atomic mass is 19.1. The Hall–Kier alpha value is -2.48. The molecule has 4 rings (SSSR count). The third-order valence-electron chi connectivity index (χ3n) is 6.02. The molecule has 0 aliphatic carbocycles. The van der Waals surface area contributed by atoms with Gasteiger partial charge < -0.3 is 15.1 Å². The predicted octanol–water partition coefficient (Wildman–Crippen LogP) is 1.45. The van der Waals surface area contributed by atoms with Gasteiger partial charge in [-0.2, -0.15) is 4.39 Å². The fourth-order valence-electron chi connectivity index (χ4n) is 4.56. The Morgan fingerprint density at radius 1 is 1.36 bits per heavy atom. The average Bonchev–Trinajstić information content (AvgIpc) is 3.04. The first-order valence-electron chi connectivity index (χ1n) is 9.88. The number of nitrogens with one attached hydrogen (secondary N) is 1. The fraction of sp³-hybridized carbons (Fsp3) is 0.550. The Morgan fingerprint density at radius 2 is 2.18 bits per heavy atom. The summed E-state index contributed by atoms with van der Waals surface area (Å²) in [6, 6.07) is 5.45. The van der Waals surface area contributed by atoms with Crippen LogP contribution in [0.3, 0.4) is 0 Å². The number of aromatic nitrogens is 2. The highest BCUT2D eigenvalue weighted by Crippen LogP contribution is 2.32. The van der Waals surface area contributed by atoms with Crippen molar-refractivity contribution < 1.29 is 14.0 Å². The van der Waals surface area contributed by atoms with Gasteiger partial charge in [0, 0.05) is 44.3 Å². The minimum Gasteiger partial charge on any atom is -0.338 e. The lowest BCUT2D eigenvalue weighted by Gasteiger charge is -2.47. The van der Waals surface area contributed by atoms with E-state index in [2.05, 4.69) is 10.3 Å². The van der Waals surface area contributed by atoms with Crippen molar-refractivity contribution in [3.63, 3.8) is 0 Å². The van der Waals surface area contributed by atoms with E-state index in [0.717, 1.165) is 19.4 Å². The number of fused-ring (bicyclic) bond motifs is 2. The van der Waals surface area contributed by atoms with Gasteiger partial charge in [0.25, 0.3) is 5.91 Å². The molecule has 7 nitrogen and oxygen atoms in total. The molecule has 0 radical (unpaired) electrons. The Kier molecular flexibility index (Phi) is 5.05. The van der Waals surface area contributed by atoms with Gasteiger partial charge in [-0.25, -0.2) is 4.98 Å². The van der Waals surface area contributed by atoms with Gasteiger partial charge in [-0.05, 0) is 44.9 Å². The molecule has 4 heterocycles. The molecule has 28 heavy (non-hydrogen) atoms. The number of halogens is 1. The van der Waals surface area contributed by atoms with E-state index in [9.17, 15) is 14.0 Å². The standard InChI is InChI=1S/C20H26FN5O2/c1-13-4-3-5-16-23-18(19(21)26(13)16)20(28)24-10-8-15-14(12-24)6-7-17(27)25(15)11-9-22-2/h3-5,14-15,22H,6-12H2,1-2H3/t14-,15+/m0/s1. The Labute approximate surface area is 163 Å². The average molecular weight is 387 g/mol. The molecule has 2 fully saturated rings. The van der Waals surface area contributed by atoms with Crippen molar-refractivity contribution >= 4 is 17.5 Å². The van der Waals surface area contributed by atoms with Gasteiger partial charge in [0.05, 0.1) is 0 Å². The number of carbonyl (C=O) groups is 2. The normalized spacial score (nSPS) is 22.6. The van der Waals surface area contributed by atoms with Crippen LogP contribution in [0, 0.1) is 18.8 Å². The van der Waals surface area contributed by atoms with Crippen LogP contribution in [0.25, 0.3) is 5.65 Å². The number of carbonyl (C=O) groups excluding carboxylic acids is 2. The molecule has 8 heteroatoms. The number of hydrogen-bond donors (Lipinski definition) is 1. The van der Waals surface area contributed by atoms with Crippen LogP contribution in [0.1, 0.15) is 35.4 Å². The molecule has 2 aromatic heterocycles. The maximum absolute atomic E-state index is 14.9. The van der Waals surface area contributed by atoms with Crippen molar-refractivity contribution in [3.05, 3.63) is 35.5 Å². The number of amides is 2. The van der Waals surface area contributed by atoms with E-state index in [0.29, 0.717) is 37.4 Å². The Morgan fingerprint density at radius 3 is 2.93 bits per heavy atom. The van der Waals surface area contributed by atoms with Gasteiger partial charge in [0.2, 0.25) is 11.9 Å². The minimum absolute atomic E-state index is 0.119. The molecular weight excluding hydrogens is 361 g/mol. The highest BCUT2D eigenvalue weighted by Gasteiger charge is 2.41. The summed E-state index contributed by atoms with van der Waals surface area (Å²) in [5, 5.41) is 3.09. The molecule has 0 saturated carbocycles. The van der Waals surface area contributed by atoms with Crippen LogP contribution in [0.4, 0.5) is 4.39 Å². The smallest absolute Gasteiger partial charge is 0.277 e. The summed E-state index contributed by atoms with van der Waals surface area (Å²) in [4.78, 5) is 33.2. The number of likely N-dealkylation sites (N-methyl/N-ethyl adjacent to an activating group) is 1. The summed E-state index contributed by atoms with van der Waals surface area (Å²) in [5.74, 6) is -0.542. The largest absolute Gasteiger partial charge is 0.338 e. The lowest BCUT2D eigenvalue weighted by Crippen LogP contribution is -2.57. The number of piperidine rings is 2. The molecule has 0 unspecified atom stereocenters. The minimum atomic E-state index is -0.602. The molecule has 150 valence electrons. The molecule has 0 bridgehead atoms.